The zero-order chi connectivity index (χ0) is 15.2. The van der Waals surface area contributed by atoms with Crippen molar-refractivity contribution in [2.75, 3.05) is 46.3 Å². The number of hydrogen-bond donors (Lipinski definition) is 2. The third-order valence-electron chi connectivity index (χ3n) is 4.41. The van der Waals surface area contributed by atoms with Gasteiger partial charge in [0.2, 0.25) is 0 Å². The van der Waals surface area contributed by atoms with Crippen LogP contribution in [0.5, 0.6) is 0 Å². The molecule has 1 aliphatic heterocycles. The summed E-state index contributed by atoms with van der Waals surface area (Å²) in [5.41, 5.74) is 0. The van der Waals surface area contributed by atoms with E-state index in [-0.39, 0.29) is 18.2 Å². The smallest absolute Gasteiger partial charge is 0.0791 e. The van der Waals surface area contributed by atoms with Crippen LogP contribution in [0, 0.1) is 0 Å². The molecule has 2 rings (SSSR count). The maximum absolute atomic E-state index is 10.2. The molecule has 3 atom stereocenters. The summed E-state index contributed by atoms with van der Waals surface area (Å²) < 4.78 is 1.95. The Morgan fingerprint density at radius 3 is 2.57 bits per heavy atom. The number of likely N-dealkylation sites (N-methyl/N-ethyl adjacent to an activating group) is 1. The van der Waals surface area contributed by atoms with E-state index in [4.69, 9.17) is 0 Å². The van der Waals surface area contributed by atoms with E-state index >= 15 is 0 Å². The average molecular weight is 295 g/mol. The molecule has 120 valence electrons. The molecule has 1 saturated heterocycles. The zero-order valence-electron chi connectivity index (χ0n) is 13.4. The van der Waals surface area contributed by atoms with Crippen molar-refractivity contribution in [2.45, 2.75) is 32.0 Å². The Morgan fingerprint density at radius 2 is 1.95 bits per heavy atom. The molecule has 21 heavy (non-hydrogen) atoms. The number of nitrogens with zero attached hydrogens (tertiary/aromatic N) is 4. The first kappa shape index (κ1) is 16.4. The minimum Gasteiger partial charge on any atom is -0.390 e. The van der Waals surface area contributed by atoms with Gasteiger partial charge in [-0.1, -0.05) is 0 Å². The van der Waals surface area contributed by atoms with Crippen LogP contribution < -0.4 is 5.32 Å². The van der Waals surface area contributed by atoms with Gasteiger partial charge in [-0.3, -0.25) is 9.58 Å². The Morgan fingerprint density at radius 1 is 1.24 bits per heavy atom. The van der Waals surface area contributed by atoms with E-state index < -0.39 is 0 Å². The molecule has 6 nitrogen and oxygen atoms in total. The van der Waals surface area contributed by atoms with Crippen molar-refractivity contribution in [1.82, 2.24) is 24.9 Å². The maximum Gasteiger partial charge on any atom is 0.0791 e. The minimum atomic E-state index is -0.319. The second kappa shape index (κ2) is 7.89. The number of hydrogen-bond acceptors (Lipinski definition) is 5. The number of aliphatic hydroxyl groups is 1. The molecule has 2 heterocycles. The van der Waals surface area contributed by atoms with E-state index in [9.17, 15) is 5.11 Å². The van der Waals surface area contributed by atoms with Crippen LogP contribution in [-0.2, 0) is 0 Å². The molecule has 0 unspecified atom stereocenters. The van der Waals surface area contributed by atoms with Gasteiger partial charge in [-0.2, -0.15) is 5.10 Å². The molecule has 0 radical (unpaired) electrons. The number of aliphatic hydroxyl groups excluding tert-OH is 1. The van der Waals surface area contributed by atoms with Gasteiger partial charge in [0.25, 0.3) is 0 Å². The molecule has 1 aromatic rings. The van der Waals surface area contributed by atoms with Gasteiger partial charge >= 0.3 is 0 Å². The zero-order valence-corrected chi connectivity index (χ0v) is 13.4. The molecular formula is C15H29N5O. The highest BCUT2D eigenvalue weighted by atomic mass is 16.3. The second-order valence-electron chi connectivity index (χ2n) is 6.18. The number of nitrogens with one attached hydrogen (secondary N) is 1. The van der Waals surface area contributed by atoms with Crippen molar-refractivity contribution in [1.29, 1.82) is 0 Å². The number of rotatable bonds is 7. The molecule has 1 aromatic heterocycles. The second-order valence-corrected chi connectivity index (χ2v) is 6.18. The number of aromatic nitrogens is 2. The first-order valence-electron chi connectivity index (χ1n) is 7.87. The van der Waals surface area contributed by atoms with Gasteiger partial charge in [-0.15, -0.1) is 0 Å². The lowest BCUT2D eigenvalue weighted by Crippen LogP contribution is -2.49. The standard InChI is InChI=1S/C15H29N5O/c1-13(14(2)20-6-4-5-17-20)16-11-15(21)12-19-9-7-18(3)8-10-19/h4-6,13-16,21H,7-12H2,1-3H3/t13-,14+,15-/m0/s1. The highest BCUT2D eigenvalue weighted by Crippen LogP contribution is 2.09. The molecule has 0 saturated carbocycles. The molecule has 0 bridgehead atoms. The van der Waals surface area contributed by atoms with Gasteiger partial charge in [0.1, 0.15) is 0 Å². The van der Waals surface area contributed by atoms with Crippen molar-refractivity contribution < 1.29 is 5.11 Å². The Hall–Kier alpha value is -0.950. The summed E-state index contributed by atoms with van der Waals surface area (Å²) in [5, 5.41) is 17.9. The van der Waals surface area contributed by atoms with Crippen molar-refractivity contribution in [3.05, 3.63) is 18.5 Å². The summed E-state index contributed by atoms with van der Waals surface area (Å²) in [5.74, 6) is 0. The van der Waals surface area contributed by atoms with Crippen LogP contribution in [0.4, 0.5) is 0 Å². The first-order valence-corrected chi connectivity index (χ1v) is 7.87. The lowest BCUT2D eigenvalue weighted by atomic mass is 10.1. The van der Waals surface area contributed by atoms with Gasteiger partial charge in [0, 0.05) is 57.7 Å². The van der Waals surface area contributed by atoms with Crippen LogP contribution in [0.15, 0.2) is 18.5 Å². The summed E-state index contributed by atoms with van der Waals surface area (Å²) in [6.45, 7) is 9.93. The van der Waals surface area contributed by atoms with Gasteiger partial charge < -0.3 is 15.3 Å². The Balaban J connectivity index is 1.67. The van der Waals surface area contributed by atoms with Gasteiger partial charge in [0.15, 0.2) is 0 Å². The molecule has 0 aromatic carbocycles. The summed E-state index contributed by atoms with van der Waals surface area (Å²) in [6, 6.07) is 2.48. The first-order chi connectivity index (χ1) is 10.1. The molecular weight excluding hydrogens is 266 g/mol. The van der Waals surface area contributed by atoms with E-state index in [2.05, 4.69) is 41.1 Å². The summed E-state index contributed by atoms with van der Waals surface area (Å²) >= 11 is 0. The monoisotopic (exact) mass is 295 g/mol. The Bertz CT molecular complexity index is 389. The summed E-state index contributed by atoms with van der Waals surface area (Å²) in [7, 11) is 2.15. The summed E-state index contributed by atoms with van der Waals surface area (Å²) in [6.07, 6.45) is 3.45. The lowest BCUT2D eigenvalue weighted by molar-refractivity contribution is 0.0777. The quantitative estimate of drug-likeness (QED) is 0.743. The molecule has 2 N–H and O–H groups in total. The minimum absolute atomic E-state index is 0.270. The van der Waals surface area contributed by atoms with E-state index in [0.717, 1.165) is 32.7 Å². The van der Waals surface area contributed by atoms with E-state index in [1.54, 1.807) is 6.20 Å². The van der Waals surface area contributed by atoms with Gasteiger partial charge in [-0.05, 0) is 27.0 Å². The predicted octanol–water partition coefficient (Wildman–Crippen LogP) is 0.0305. The van der Waals surface area contributed by atoms with E-state index in [1.165, 1.54) is 0 Å². The van der Waals surface area contributed by atoms with E-state index in [1.807, 2.05) is 16.9 Å². The number of piperazine rings is 1. The molecule has 1 aliphatic rings. The third kappa shape index (κ3) is 5.07. The fraction of sp³-hybridized carbons (Fsp3) is 0.800. The normalized spacial score (nSPS) is 22.1. The van der Waals surface area contributed by atoms with Crippen molar-refractivity contribution in [2.24, 2.45) is 0 Å². The maximum atomic E-state index is 10.2. The average Bonchev–Trinajstić information content (AvgIpc) is 3.00. The molecule has 0 amide bonds. The van der Waals surface area contributed by atoms with Crippen LogP contribution in [-0.4, -0.2) is 83.1 Å². The highest BCUT2D eigenvalue weighted by molar-refractivity contribution is 4.84. The molecule has 0 spiro atoms. The predicted molar refractivity (Wildman–Crippen MR) is 84.3 cm³/mol. The fourth-order valence-corrected chi connectivity index (χ4v) is 2.64. The Labute approximate surface area is 127 Å². The van der Waals surface area contributed by atoms with Crippen molar-refractivity contribution >= 4 is 0 Å². The van der Waals surface area contributed by atoms with Gasteiger partial charge in [0.05, 0.1) is 12.1 Å². The van der Waals surface area contributed by atoms with Crippen LogP contribution in [0.1, 0.15) is 19.9 Å². The third-order valence-corrected chi connectivity index (χ3v) is 4.41. The summed E-state index contributed by atoms with van der Waals surface area (Å²) in [4.78, 5) is 4.67. The molecule has 6 heteroatoms. The van der Waals surface area contributed by atoms with Gasteiger partial charge in [-0.25, -0.2) is 0 Å². The van der Waals surface area contributed by atoms with E-state index in [0.29, 0.717) is 6.54 Å². The lowest BCUT2D eigenvalue weighted by Gasteiger charge is -2.34. The van der Waals surface area contributed by atoms with Crippen molar-refractivity contribution in [3.63, 3.8) is 0 Å². The SMILES string of the molecule is C[C@H](NC[C@H](O)CN1CCN(C)CC1)[C@@H](C)n1cccn1. The molecule has 1 fully saturated rings. The Kier molecular flexibility index (Phi) is 6.17. The highest BCUT2D eigenvalue weighted by Gasteiger charge is 2.19. The van der Waals surface area contributed by atoms with Crippen LogP contribution in [0.3, 0.4) is 0 Å². The fourth-order valence-electron chi connectivity index (χ4n) is 2.64. The topological polar surface area (TPSA) is 56.6 Å². The van der Waals surface area contributed by atoms with Crippen LogP contribution in [0.25, 0.3) is 0 Å². The van der Waals surface area contributed by atoms with Crippen LogP contribution >= 0.6 is 0 Å². The van der Waals surface area contributed by atoms with Crippen LogP contribution in [0.2, 0.25) is 0 Å². The number of β-amino-alcohol motifs (C(OH)–C–C–N with tert-alkyl or cyclic N) is 1. The largest absolute Gasteiger partial charge is 0.390 e. The van der Waals surface area contributed by atoms with Crippen molar-refractivity contribution in [3.8, 4) is 0 Å². The molecule has 0 aliphatic carbocycles.